The summed E-state index contributed by atoms with van der Waals surface area (Å²) >= 11 is 0. The van der Waals surface area contributed by atoms with Gasteiger partial charge in [0.1, 0.15) is 17.8 Å². The Kier molecular flexibility index (Phi) is 8.92. The maximum Gasteiger partial charge on any atom is 0.416 e. The zero-order valence-corrected chi connectivity index (χ0v) is 23.1. The van der Waals surface area contributed by atoms with Crippen molar-refractivity contribution >= 4 is 11.7 Å². The van der Waals surface area contributed by atoms with Crippen molar-refractivity contribution in [3.05, 3.63) is 53.0 Å². The first-order chi connectivity index (χ1) is 19.2. The number of methoxy groups -OCH3 is 1. The van der Waals surface area contributed by atoms with Crippen LogP contribution in [-0.2, 0) is 15.7 Å². The molecule has 3 aliphatic rings. The molecule has 0 radical (unpaired) electrons. The Bertz CT molecular complexity index is 1170. The number of aromatic nitrogens is 2. The van der Waals surface area contributed by atoms with E-state index >= 15 is 0 Å². The fourth-order valence-electron chi connectivity index (χ4n) is 6.22. The first kappa shape index (κ1) is 28.8. The fourth-order valence-corrected chi connectivity index (χ4v) is 6.22. The molecule has 3 fully saturated rings. The van der Waals surface area contributed by atoms with E-state index in [-0.39, 0.29) is 24.0 Å². The van der Waals surface area contributed by atoms with Crippen LogP contribution in [0.25, 0.3) is 0 Å². The van der Waals surface area contributed by atoms with Crippen molar-refractivity contribution in [2.24, 2.45) is 0 Å². The molecular weight excluding hydrogens is 523 g/mol. The Labute approximate surface area is 233 Å². The van der Waals surface area contributed by atoms with Gasteiger partial charge in [-0.25, -0.2) is 9.97 Å². The smallest absolute Gasteiger partial charge is 0.379 e. The highest BCUT2D eigenvalue weighted by molar-refractivity contribution is 5.94. The van der Waals surface area contributed by atoms with Crippen LogP contribution < -0.4 is 10.2 Å². The van der Waals surface area contributed by atoms with E-state index in [1.165, 1.54) is 18.5 Å². The second-order valence-electron chi connectivity index (χ2n) is 11.1. The largest absolute Gasteiger partial charge is 0.416 e. The number of rotatable bonds is 6. The standard InChI is InChI=1S/C29H38F3N5O3/c1-19-26(28(38)36-12-8-23(9-13-36)35-24-10-14-40-17-25(24)39-2)33-18-34-27(19)37-11-4-6-21(16-37)20-5-3-7-22(15-20)29(30,31)32/h3,5,7,15,18,21,23-25,35H,4,6,8-14,16-17H2,1-2H3. The number of nitrogens with zero attached hydrogens (tertiary/aromatic N) is 4. The van der Waals surface area contributed by atoms with Gasteiger partial charge >= 0.3 is 6.18 Å². The third-order valence-corrected chi connectivity index (χ3v) is 8.51. The summed E-state index contributed by atoms with van der Waals surface area (Å²) in [5, 5.41) is 3.71. The summed E-state index contributed by atoms with van der Waals surface area (Å²) in [6.45, 7) is 5.72. The lowest BCUT2D eigenvalue weighted by Crippen LogP contribution is -2.54. The third kappa shape index (κ3) is 6.42. The summed E-state index contributed by atoms with van der Waals surface area (Å²) in [7, 11) is 1.71. The van der Waals surface area contributed by atoms with E-state index in [0.29, 0.717) is 54.9 Å². The number of carbonyl (C=O) groups is 1. The number of amides is 1. The highest BCUT2D eigenvalue weighted by Crippen LogP contribution is 2.35. The molecule has 8 nitrogen and oxygen atoms in total. The van der Waals surface area contributed by atoms with Crippen molar-refractivity contribution in [3.63, 3.8) is 0 Å². The Morgan fingerprint density at radius 3 is 2.67 bits per heavy atom. The molecule has 0 aliphatic carbocycles. The molecule has 11 heteroatoms. The number of nitrogens with one attached hydrogen (secondary N) is 1. The second-order valence-corrected chi connectivity index (χ2v) is 11.1. The van der Waals surface area contributed by atoms with Crippen molar-refractivity contribution in [1.29, 1.82) is 0 Å². The van der Waals surface area contributed by atoms with Gasteiger partial charge in [-0.15, -0.1) is 0 Å². The molecular formula is C29H38F3N5O3. The number of benzene rings is 1. The molecule has 3 saturated heterocycles. The molecule has 0 spiro atoms. The number of hydrogen-bond acceptors (Lipinski definition) is 7. The molecule has 4 heterocycles. The van der Waals surface area contributed by atoms with Crippen LogP contribution in [0.5, 0.6) is 0 Å². The van der Waals surface area contributed by atoms with E-state index in [4.69, 9.17) is 9.47 Å². The van der Waals surface area contributed by atoms with Gasteiger partial charge in [-0.05, 0) is 50.7 Å². The molecule has 2 aromatic rings. The molecule has 40 heavy (non-hydrogen) atoms. The van der Waals surface area contributed by atoms with Crippen LogP contribution in [-0.4, -0.2) is 85.5 Å². The van der Waals surface area contributed by atoms with E-state index in [9.17, 15) is 18.0 Å². The van der Waals surface area contributed by atoms with Gasteiger partial charge < -0.3 is 24.6 Å². The molecule has 1 N–H and O–H groups in total. The zero-order valence-electron chi connectivity index (χ0n) is 23.1. The quantitative estimate of drug-likeness (QED) is 0.567. The number of anilines is 1. The van der Waals surface area contributed by atoms with E-state index < -0.39 is 11.7 Å². The van der Waals surface area contributed by atoms with Crippen LogP contribution >= 0.6 is 0 Å². The molecule has 3 unspecified atom stereocenters. The maximum absolute atomic E-state index is 13.5. The zero-order chi connectivity index (χ0) is 28.3. The summed E-state index contributed by atoms with van der Waals surface area (Å²) in [4.78, 5) is 26.3. The minimum absolute atomic E-state index is 0.0402. The lowest BCUT2D eigenvalue weighted by atomic mass is 9.89. The Morgan fingerprint density at radius 2 is 1.93 bits per heavy atom. The second kappa shape index (κ2) is 12.4. The molecule has 3 aliphatic heterocycles. The van der Waals surface area contributed by atoms with Gasteiger partial charge in [0.05, 0.1) is 18.3 Å². The highest BCUT2D eigenvalue weighted by atomic mass is 19.4. The number of halogens is 3. The monoisotopic (exact) mass is 561 g/mol. The molecule has 3 atom stereocenters. The number of piperidine rings is 2. The third-order valence-electron chi connectivity index (χ3n) is 8.51. The van der Waals surface area contributed by atoms with Gasteiger partial charge in [-0.2, -0.15) is 13.2 Å². The van der Waals surface area contributed by atoms with Gasteiger partial charge in [0.15, 0.2) is 0 Å². The van der Waals surface area contributed by atoms with Crippen molar-refractivity contribution in [3.8, 4) is 0 Å². The summed E-state index contributed by atoms with van der Waals surface area (Å²) in [5.41, 5.74) is 1.15. The van der Waals surface area contributed by atoms with Gasteiger partial charge in [-0.3, -0.25) is 4.79 Å². The lowest BCUT2D eigenvalue weighted by Gasteiger charge is -2.38. The maximum atomic E-state index is 13.5. The summed E-state index contributed by atoms with van der Waals surface area (Å²) < 4.78 is 50.9. The van der Waals surface area contributed by atoms with E-state index in [0.717, 1.165) is 51.3 Å². The average Bonchev–Trinajstić information content (AvgIpc) is 2.97. The lowest BCUT2D eigenvalue weighted by molar-refractivity contribution is -0.137. The molecule has 1 aromatic heterocycles. The van der Waals surface area contributed by atoms with Crippen LogP contribution in [0.3, 0.4) is 0 Å². The Morgan fingerprint density at radius 1 is 1.12 bits per heavy atom. The predicted octanol–water partition coefficient (Wildman–Crippen LogP) is 4.19. The SMILES string of the molecule is COC1COCCC1NC1CCN(C(=O)c2ncnc(N3CCCC(c4cccc(C(F)(F)F)c4)C3)c2C)CC1. The summed E-state index contributed by atoms with van der Waals surface area (Å²) in [5.74, 6) is 0.521. The normalized spacial score (nSPS) is 24.8. The minimum atomic E-state index is -4.37. The van der Waals surface area contributed by atoms with Crippen LogP contribution in [0.15, 0.2) is 30.6 Å². The number of carbonyl (C=O) groups excluding carboxylic acids is 1. The van der Waals surface area contributed by atoms with Gasteiger partial charge in [0, 0.05) is 63.5 Å². The van der Waals surface area contributed by atoms with Crippen LogP contribution in [0, 0.1) is 6.92 Å². The number of alkyl halides is 3. The summed E-state index contributed by atoms with van der Waals surface area (Å²) in [6, 6.07) is 6.17. The van der Waals surface area contributed by atoms with E-state index in [2.05, 4.69) is 20.2 Å². The van der Waals surface area contributed by atoms with Crippen LogP contribution in [0.4, 0.5) is 19.0 Å². The van der Waals surface area contributed by atoms with Crippen molar-refractivity contribution in [2.45, 2.75) is 69.3 Å². The molecule has 1 aromatic carbocycles. The summed E-state index contributed by atoms with van der Waals surface area (Å²) in [6.07, 6.45) is 1.33. The Balaban J connectivity index is 1.23. The molecule has 1 amide bonds. The average molecular weight is 562 g/mol. The number of ether oxygens (including phenoxy) is 2. The topological polar surface area (TPSA) is 79.8 Å². The first-order valence-corrected chi connectivity index (χ1v) is 14.1. The van der Waals surface area contributed by atoms with E-state index in [1.54, 1.807) is 13.2 Å². The molecule has 218 valence electrons. The molecule has 5 rings (SSSR count). The van der Waals surface area contributed by atoms with Gasteiger partial charge in [0.2, 0.25) is 0 Å². The molecule has 0 bridgehead atoms. The van der Waals surface area contributed by atoms with Crippen LogP contribution in [0.1, 0.15) is 65.2 Å². The number of likely N-dealkylation sites (tertiary alicyclic amines) is 1. The molecule has 0 saturated carbocycles. The van der Waals surface area contributed by atoms with Gasteiger partial charge in [0.25, 0.3) is 5.91 Å². The van der Waals surface area contributed by atoms with Crippen molar-refractivity contribution in [2.75, 3.05) is 51.4 Å². The number of hydrogen-bond donors (Lipinski definition) is 1. The first-order valence-electron chi connectivity index (χ1n) is 14.1. The van der Waals surface area contributed by atoms with E-state index in [1.807, 2.05) is 11.8 Å². The van der Waals surface area contributed by atoms with Crippen LogP contribution in [0.2, 0.25) is 0 Å². The highest BCUT2D eigenvalue weighted by Gasteiger charge is 2.33. The van der Waals surface area contributed by atoms with Crippen molar-refractivity contribution in [1.82, 2.24) is 20.2 Å². The van der Waals surface area contributed by atoms with Gasteiger partial charge in [-0.1, -0.05) is 18.2 Å². The van der Waals surface area contributed by atoms with Crippen molar-refractivity contribution < 1.29 is 27.4 Å². The Hall–Kier alpha value is -2.76. The fraction of sp³-hybridized carbons (Fsp3) is 0.621. The minimum Gasteiger partial charge on any atom is -0.379 e. The predicted molar refractivity (Wildman–Crippen MR) is 144 cm³/mol.